The molecule has 0 radical (unpaired) electrons. The van der Waals surface area contributed by atoms with E-state index >= 15 is 0 Å². The van der Waals surface area contributed by atoms with Crippen molar-refractivity contribution in [2.45, 2.75) is 36.6 Å². The minimum Gasteiger partial charge on any atom is -0.355 e. The van der Waals surface area contributed by atoms with Crippen molar-refractivity contribution in [3.05, 3.63) is 60.2 Å². The molecule has 6 heteroatoms. The molecule has 4 rings (SSSR count). The molecule has 0 spiro atoms. The first kappa shape index (κ1) is 17.8. The smallest absolute Gasteiger partial charge is 0.233 e. The van der Waals surface area contributed by atoms with Gasteiger partial charge in [0.25, 0.3) is 0 Å². The second-order valence-corrected chi connectivity index (χ2v) is 7.91. The van der Waals surface area contributed by atoms with Crippen molar-refractivity contribution in [2.75, 3.05) is 6.54 Å². The lowest BCUT2D eigenvalue weighted by atomic mass is 10.2. The molecule has 0 aliphatic carbocycles. The quantitative estimate of drug-likeness (QED) is 0.745. The number of hydrogen-bond donors (Lipinski definition) is 1. The van der Waals surface area contributed by atoms with Crippen LogP contribution >= 0.6 is 11.8 Å². The summed E-state index contributed by atoms with van der Waals surface area (Å²) in [6.07, 6.45) is 2.93. The van der Waals surface area contributed by atoms with Crippen molar-refractivity contribution in [3.63, 3.8) is 0 Å². The Morgan fingerprint density at radius 3 is 2.59 bits per heavy atom. The summed E-state index contributed by atoms with van der Waals surface area (Å²) in [6, 6.07) is 18.3. The van der Waals surface area contributed by atoms with Crippen LogP contribution in [0.4, 0.5) is 0 Å². The van der Waals surface area contributed by atoms with E-state index in [-0.39, 0.29) is 11.2 Å². The maximum atomic E-state index is 12.4. The molecule has 0 bridgehead atoms. The second kappa shape index (κ2) is 7.96. The summed E-state index contributed by atoms with van der Waals surface area (Å²) >= 11 is 1.50. The predicted octanol–water partition coefficient (Wildman–Crippen LogP) is 4.00. The number of hydrogen-bond acceptors (Lipinski definition) is 4. The van der Waals surface area contributed by atoms with Gasteiger partial charge in [0.1, 0.15) is 0 Å². The van der Waals surface area contributed by atoms with Gasteiger partial charge < -0.3 is 5.32 Å². The number of amides is 1. The Labute approximate surface area is 163 Å². The Balaban J connectivity index is 1.76. The molecule has 0 saturated carbocycles. The largest absolute Gasteiger partial charge is 0.355 e. The van der Waals surface area contributed by atoms with Gasteiger partial charge in [-0.25, -0.2) is 0 Å². The van der Waals surface area contributed by atoms with Crippen molar-refractivity contribution in [3.8, 4) is 17.1 Å². The third-order valence-corrected chi connectivity index (χ3v) is 5.90. The van der Waals surface area contributed by atoms with Gasteiger partial charge in [0.2, 0.25) is 5.91 Å². The average Bonchev–Trinajstić information content (AvgIpc) is 3.00. The number of aryl methyl sites for hydroxylation is 1. The van der Waals surface area contributed by atoms with Crippen LogP contribution in [0.1, 0.15) is 24.8 Å². The number of nitrogens with one attached hydrogen (secondary N) is 1. The van der Waals surface area contributed by atoms with Crippen LogP contribution < -0.4 is 5.32 Å². The lowest BCUT2D eigenvalue weighted by molar-refractivity contribution is -0.120. The van der Waals surface area contributed by atoms with Gasteiger partial charge in [0.15, 0.2) is 11.0 Å². The second-order valence-electron chi connectivity index (χ2n) is 6.74. The van der Waals surface area contributed by atoms with Crippen LogP contribution in [0.3, 0.4) is 0 Å². The Kier molecular flexibility index (Phi) is 5.25. The number of thioether (sulfide) groups is 1. The molecular weight excluding hydrogens is 356 g/mol. The number of benzene rings is 2. The van der Waals surface area contributed by atoms with E-state index in [1.165, 1.54) is 17.3 Å². The normalized spacial score (nSPS) is 17.4. The summed E-state index contributed by atoms with van der Waals surface area (Å²) < 4.78 is 2.05. The van der Waals surface area contributed by atoms with Crippen LogP contribution in [0.2, 0.25) is 0 Å². The number of nitrogens with zero attached hydrogens (tertiary/aromatic N) is 3. The van der Waals surface area contributed by atoms with Gasteiger partial charge in [-0.1, -0.05) is 66.2 Å². The highest BCUT2D eigenvalue weighted by Crippen LogP contribution is 2.32. The lowest BCUT2D eigenvalue weighted by Gasteiger charge is -2.14. The molecule has 2 heterocycles. The Bertz CT molecular complexity index is 921. The molecule has 1 atom stereocenters. The summed E-state index contributed by atoms with van der Waals surface area (Å²) in [5.41, 5.74) is 3.20. The molecule has 1 saturated heterocycles. The van der Waals surface area contributed by atoms with Gasteiger partial charge in [-0.3, -0.25) is 9.36 Å². The van der Waals surface area contributed by atoms with Crippen molar-refractivity contribution in [2.24, 2.45) is 0 Å². The third-order valence-electron chi connectivity index (χ3n) is 4.69. The summed E-state index contributed by atoms with van der Waals surface area (Å²) in [6.45, 7) is 2.83. The topological polar surface area (TPSA) is 59.8 Å². The molecule has 1 N–H and O–H groups in total. The molecule has 1 aliphatic heterocycles. The van der Waals surface area contributed by atoms with Gasteiger partial charge in [-0.2, -0.15) is 0 Å². The van der Waals surface area contributed by atoms with E-state index in [0.29, 0.717) is 0 Å². The monoisotopic (exact) mass is 378 g/mol. The molecular formula is C21H22N4OS. The standard InChI is InChI=1S/C21H22N4OS/c1-15-10-12-17(13-11-15)25-19(16-7-3-2-4-8-16)23-24-21(25)27-18-9-5-6-14-22-20(18)26/h2-4,7-8,10-13,18H,5-6,9,14H2,1H3,(H,22,26). The van der Waals surface area contributed by atoms with Crippen molar-refractivity contribution >= 4 is 17.7 Å². The number of carbonyl (C=O) groups is 1. The van der Waals surface area contributed by atoms with Crippen molar-refractivity contribution in [1.82, 2.24) is 20.1 Å². The predicted molar refractivity (Wildman–Crippen MR) is 108 cm³/mol. The molecule has 1 unspecified atom stereocenters. The Morgan fingerprint density at radius 2 is 1.81 bits per heavy atom. The molecule has 2 aromatic carbocycles. The van der Waals surface area contributed by atoms with E-state index < -0.39 is 0 Å². The average molecular weight is 379 g/mol. The highest BCUT2D eigenvalue weighted by atomic mass is 32.2. The van der Waals surface area contributed by atoms with Crippen LogP contribution in [-0.2, 0) is 4.79 Å². The van der Waals surface area contributed by atoms with Gasteiger partial charge in [-0.05, 0) is 31.9 Å². The lowest BCUT2D eigenvalue weighted by Crippen LogP contribution is -2.30. The number of rotatable bonds is 4. The van der Waals surface area contributed by atoms with Gasteiger partial charge in [0, 0.05) is 17.8 Å². The van der Waals surface area contributed by atoms with Crippen molar-refractivity contribution in [1.29, 1.82) is 0 Å². The Morgan fingerprint density at radius 1 is 1.04 bits per heavy atom. The molecule has 27 heavy (non-hydrogen) atoms. The molecule has 1 aliphatic rings. The first-order chi connectivity index (χ1) is 13.2. The van der Waals surface area contributed by atoms with E-state index in [9.17, 15) is 4.79 Å². The fraction of sp³-hybridized carbons (Fsp3) is 0.286. The number of carbonyl (C=O) groups excluding carboxylic acids is 1. The molecule has 1 aromatic heterocycles. The molecule has 5 nitrogen and oxygen atoms in total. The molecule has 138 valence electrons. The minimum atomic E-state index is -0.135. The van der Waals surface area contributed by atoms with Crippen LogP contribution in [0.5, 0.6) is 0 Å². The van der Waals surface area contributed by atoms with E-state index in [4.69, 9.17) is 0 Å². The van der Waals surface area contributed by atoms with E-state index in [0.717, 1.165) is 48.0 Å². The first-order valence-corrected chi connectivity index (χ1v) is 10.1. The highest BCUT2D eigenvalue weighted by Gasteiger charge is 2.26. The van der Waals surface area contributed by atoms with Gasteiger partial charge >= 0.3 is 0 Å². The fourth-order valence-electron chi connectivity index (χ4n) is 3.20. The van der Waals surface area contributed by atoms with Crippen LogP contribution in [0.25, 0.3) is 17.1 Å². The Hall–Kier alpha value is -2.60. The zero-order valence-electron chi connectivity index (χ0n) is 15.3. The summed E-state index contributed by atoms with van der Waals surface area (Å²) in [5.74, 6) is 0.883. The fourth-order valence-corrected chi connectivity index (χ4v) is 4.31. The zero-order valence-corrected chi connectivity index (χ0v) is 16.1. The summed E-state index contributed by atoms with van der Waals surface area (Å²) in [7, 11) is 0. The maximum absolute atomic E-state index is 12.4. The van der Waals surface area contributed by atoms with E-state index in [1.54, 1.807) is 0 Å². The number of aromatic nitrogens is 3. The first-order valence-electron chi connectivity index (χ1n) is 9.24. The van der Waals surface area contributed by atoms with E-state index in [2.05, 4.69) is 51.3 Å². The maximum Gasteiger partial charge on any atom is 0.233 e. The van der Waals surface area contributed by atoms with Crippen LogP contribution in [0.15, 0.2) is 59.8 Å². The molecule has 3 aromatic rings. The molecule has 1 amide bonds. The van der Waals surface area contributed by atoms with Crippen LogP contribution in [0, 0.1) is 6.92 Å². The molecule has 1 fully saturated rings. The van der Waals surface area contributed by atoms with Gasteiger partial charge in [0.05, 0.1) is 5.25 Å². The zero-order chi connectivity index (χ0) is 18.6. The van der Waals surface area contributed by atoms with E-state index in [1.807, 2.05) is 30.3 Å². The van der Waals surface area contributed by atoms with Gasteiger partial charge in [-0.15, -0.1) is 10.2 Å². The summed E-state index contributed by atoms with van der Waals surface area (Å²) in [5, 5.41) is 12.5. The highest BCUT2D eigenvalue weighted by molar-refractivity contribution is 8.00. The van der Waals surface area contributed by atoms with Crippen molar-refractivity contribution < 1.29 is 4.79 Å². The third kappa shape index (κ3) is 3.90. The SMILES string of the molecule is Cc1ccc(-n2c(SC3CCCCNC3=O)nnc2-c2ccccc2)cc1. The van der Waals surface area contributed by atoms with Crippen LogP contribution in [-0.4, -0.2) is 32.5 Å². The minimum absolute atomic E-state index is 0.0946. The summed E-state index contributed by atoms with van der Waals surface area (Å²) in [4.78, 5) is 12.4.